The van der Waals surface area contributed by atoms with Gasteiger partial charge >= 0.3 is 0 Å². The van der Waals surface area contributed by atoms with Crippen molar-refractivity contribution in [2.45, 2.75) is 25.8 Å². The Bertz CT molecular complexity index is 438. The maximum Gasteiger partial charge on any atom is 0.185 e. The normalized spacial score (nSPS) is 20.5. The van der Waals surface area contributed by atoms with E-state index in [1.807, 2.05) is 6.92 Å². The van der Waals surface area contributed by atoms with Crippen molar-refractivity contribution in [3.8, 4) is 0 Å². The Kier molecular flexibility index (Phi) is 4.29. The summed E-state index contributed by atoms with van der Waals surface area (Å²) in [6.07, 6.45) is 1.44. The molecule has 0 bridgehead atoms. The first-order chi connectivity index (χ1) is 9.04. The van der Waals surface area contributed by atoms with Gasteiger partial charge in [-0.15, -0.1) is 0 Å². The zero-order chi connectivity index (χ0) is 14.0. The van der Waals surface area contributed by atoms with Gasteiger partial charge in [-0.1, -0.05) is 6.92 Å². The highest BCUT2D eigenvalue weighted by molar-refractivity contribution is 5.50. The Morgan fingerprint density at radius 3 is 2.42 bits per heavy atom. The maximum atomic E-state index is 13.7. The van der Waals surface area contributed by atoms with E-state index < -0.39 is 29.0 Å². The van der Waals surface area contributed by atoms with E-state index in [2.05, 4.69) is 5.32 Å². The van der Waals surface area contributed by atoms with Crippen molar-refractivity contribution in [3.63, 3.8) is 0 Å². The lowest BCUT2D eigenvalue weighted by atomic mass is 10.2. The second kappa shape index (κ2) is 5.77. The molecule has 2 nitrogen and oxygen atoms in total. The molecule has 1 aliphatic heterocycles. The summed E-state index contributed by atoms with van der Waals surface area (Å²) in [7, 11) is 0. The first kappa shape index (κ1) is 14.1. The van der Waals surface area contributed by atoms with Crippen LogP contribution >= 0.6 is 0 Å². The van der Waals surface area contributed by atoms with Gasteiger partial charge in [0.1, 0.15) is 5.69 Å². The van der Waals surface area contributed by atoms with Crippen molar-refractivity contribution in [2.75, 3.05) is 24.5 Å². The molecule has 6 heteroatoms. The molecule has 2 rings (SSSR count). The van der Waals surface area contributed by atoms with Gasteiger partial charge in [-0.05, 0) is 19.4 Å². The van der Waals surface area contributed by atoms with E-state index in [1.54, 1.807) is 0 Å². The fraction of sp³-hybridized carbons (Fsp3) is 0.538. The van der Waals surface area contributed by atoms with Gasteiger partial charge in [0.2, 0.25) is 0 Å². The molecule has 1 unspecified atom stereocenters. The third kappa shape index (κ3) is 2.83. The number of hydrogen-bond acceptors (Lipinski definition) is 2. The fourth-order valence-corrected chi connectivity index (χ4v) is 2.31. The highest BCUT2D eigenvalue weighted by atomic mass is 19.2. The standard InChI is InChI=1S/C13H16F4N2/c1-2-8-7-19(5-3-4-18-8)13-11(16)9(14)6-10(15)12(13)17/h6,8,18H,2-5,7H2,1H3. The summed E-state index contributed by atoms with van der Waals surface area (Å²) in [4.78, 5) is 1.38. The summed E-state index contributed by atoms with van der Waals surface area (Å²) in [6.45, 7) is 3.35. The molecule has 1 fully saturated rings. The molecule has 0 aliphatic carbocycles. The summed E-state index contributed by atoms with van der Waals surface area (Å²) < 4.78 is 54.0. The summed E-state index contributed by atoms with van der Waals surface area (Å²) in [5.41, 5.74) is -0.598. The molecule has 1 aromatic rings. The summed E-state index contributed by atoms with van der Waals surface area (Å²) in [5.74, 6) is -5.37. The summed E-state index contributed by atoms with van der Waals surface area (Å²) in [5, 5.41) is 3.23. The van der Waals surface area contributed by atoms with Gasteiger partial charge in [-0.25, -0.2) is 17.6 Å². The molecule has 0 spiro atoms. The first-order valence-electron chi connectivity index (χ1n) is 6.36. The second-order valence-electron chi connectivity index (χ2n) is 4.68. The van der Waals surface area contributed by atoms with Gasteiger partial charge in [0.05, 0.1) is 0 Å². The van der Waals surface area contributed by atoms with Crippen LogP contribution in [0.5, 0.6) is 0 Å². The van der Waals surface area contributed by atoms with Gasteiger partial charge in [-0.2, -0.15) is 0 Å². The Balaban J connectivity index is 2.39. The average molecular weight is 276 g/mol. The Labute approximate surface area is 109 Å². The van der Waals surface area contributed by atoms with Crippen LogP contribution < -0.4 is 10.2 Å². The van der Waals surface area contributed by atoms with Crippen LogP contribution in [-0.4, -0.2) is 25.7 Å². The lowest BCUT2D eigenvalue weighted by molar-refractivity contribution is 0.448. The zero-order valence-corrected chi connectivity index (χ0v) is 10.6. The molecule has 0 amide bonds. The smallest absolute Gasteiger partial charge is 0.185 e. The topological polar surface area (TPSA) is 15.3 Å². The number of anilines is 1. The minimum atomic E-state index is -1.36. The molecule has 1 saturated heterocycles. The van der Waals surface area contributed by atoms with Crippen molar-refractivity contribution in [3.05, 3.63) is 29.3 Å². The van der Waals surface area contributed by atoms with Crippen LogP contribution in [0.25, 0.3) is 0 Å². The van der Waals surface area contributed by atoms with E-state index in [0.29, 0.717) is 19.5 Å². The molecule has 1 aromatic carbocycles. The molecule has 0 radical (unpaired) electrons. The van der Waals surface area contributed by atoms with Crippen LogP contribution in [0.2, 0.25) is 0 Å². The average Bonchev–Trinajstić information content (AvgIpc) is 2.62. The lowest BCUT2D eigenvalue weighted by Gasteiger charge is -2.26. The third-order valence-electron chi connectivity index (χ3n) is 3.38. The minimum absolute atomic E-state index is 0.0487. The Hall–Kier alpha value is -1.30. The van der Waals surface area contributed by atoms with Crippen molar-refractivity contribution in [1.29, 1.82) is 0 Å². The van der Waals surface area contributed by atoms with E-state index in [0.717, 1.165) is 13.0 Å². The molecule has 1 atom stereocenters. The van der Waals surface area contributed by atoms with E-state index >= 15 is 0 Å². The summed E-state index contributed by atoms with van der Waals surface area (Å²) in [6, 6.07) is 0.286. The van der Waals surface area contributed by atoms with Crippen LogP contribution in [0.1, 0.15) is 19.8 Å². The van der Waals surface area contributed by atoms with Crippen LogP contribution in [0.3, 0.4) is 0 Å². The van der Waals surface area contributed by atoms with Crippen molar-refractivity contribution >= 4 is 5.69 Å². The van der Waals surface area contributed by atoms with Crippen LogP contribution in [0, 0.1) is 23.3 Å². The van der Waals surface area contributed by atoms with E-state index in [4.69, 9.17) is 0 Å². The Morgan fingerprint density at radius 2 is 1.84 bits per heavy atom. The van der Waals surface area contributed by atoms with Gasteiger partial charge in [-0.3, -0.25) is 0 Å². The van der Waals surface area contributed by atoms with Gasteiger partial charge in [0.25, 0.3) is 0 Å². The maximum absolute atomic E-state index is 13.7. The van der Waals surface area contributed by atoms with Crippen molar-refractivity contribution in [2.24, 2.45) is 0 Å². The molecular weight excluding hydrogens is 260 g/mol. The minimum Gasteiger partial charge on any atom is -0.365 e. The number of nitrogens with one attached hydrogen (secondary N) is 1. The van der Waals surface area contributed by atoms with Crippen LogP contribution in [-0.2, 0) is 0 Å². The summed E-state index contributed by atoms with van der Waals surface area (Å²) >= 11 is 0. The molecule has 106 valence electrons. The molecule has 0 saturated carbocycles. The number of rotatable bonds is 2. The predicted octanol–water partition coefficient (Wildman–Crippen LogP) is 2.82. The van der Waals surface area contributed by atoms with E-state index in [1.165, 1.54) is 4.90 Å². The van der Waals surface area contributed by atoms with Crippen LogP contribution in [0.15, 0.2) is 6.07 Å². The molecule has 19 heavy (non-hydrogen) atoms. The molecule has 1 N–H and O–H groups in total. The zero-order valence-electron chi connectivity index (χ0n) is 10.6. The molecular formula is C13H16F4N2. The largest absolute Gasteiger partial charge is 0.365 e. The second-order valence-corrected chi connectivity index (χ2v) is 4.68. The van der Waals surface area contributed by atoms with Crippen LogP contribution in [0.4, 0.5) is 23.2 Å². The third-order valence-corrected chi connectivity index (χ3v) is 3.38. The number of hydrogen-bond donors (Lipinski definition) is 1. The van der Waals surface area contributed by atoms with Crippen molar-refractivity contribution < 1.29 is 17.6 Å². The molecule has 0 aromatic heterocycles. The van der Waals surface area contributed by atoms with E-state index in [9.17, 15) is 17.6 Å². The highest BCUT2D eigenvalue weighted by Gasteiger charge is 2.26. The highest BCUT2D eigenvalue weighted by Crippen LogP contribution is 2.28. The number of nitrogens with zero attached hydrogens (tertiary/aromatic N) is 1. The first-order valence-corrected chi connectivity index (χ1v) is 6.36. The number of halogens is 4. The predicted molar refractivity (Wildman–Crippen MR) is 65.2 cm³/mol. The van der Waals surface area contributed by atoms with Gasteiger partial charge in [0, 0.05) is 25.2 Å². The van der Waals surface area contributed by atoms with Gasteiger partial charge in [0.15, 0.2) is 23.3 Å². The quantitative estimate of drug-likeness (QED) is 0.660. The fourth-order valence-electron chi connectivity index (χ4n) is 2.31. The van der Waals surface area contributed by atoms with E-state index in [-0.39, 0.29) is 12.1 Å². The number of benzene rings is 1. The molecule has 1 aliphatic rings. The monoisotopic (exact) mass is 276 g/mol. The molecule has 1 heterocycles. The van der Waals surface area contributed by atoms with Crippen molar-refractivity contribution in [1.82, 2.24) is 5.32 Å². The SMILES string of the molecule is CCC1CN(c2c(F)c(F)cc(F)c2F)CCCN1. The van der Waals surface area contributed by atoms with Gasteiger partial charge < -0.3 is 10.2 Å². The Morgan fingerprint density at radius 1 is 1.21 bits per heavy atom. The lowest BCUT2D eigenvalue weighted by Crippen LogP contribution is -2.38.